The Morgan fingerprint density at radius 2 is 1.04 bits per heavy atom. The van der Waals surface area contributed by atoms with E-state index in [2.05, 4.69) is 52.0 Å². The van der Waals surface area contributed by atoms with Gasteiger partial charge >= 0.3 is 11.9 Å². The summed E-state index contributed by atoms with van der Waals surface area (Å²) in [6.45, 7) is 12.6. The fraction of sp³-hybridized carbons (Fsp3) is 0.583. The monoisotopic (exact) mass is 390 g/mol. The molecule has 0 atom stereocenters. The lowest BCUT2D eigenvalue weighted by Crippen LogP contribution is -2.06. The molecule has 0 aliphatic heterocycles. The number of carbonyl (C=O) groups excluding carboxylic acids is 2. The Bertz CT molecular complexity index is 525. The summed E-state index contributed by atoms with van der Waals surface area (Å²) in [5.74, 6) is -0.591. The number of ether oxygens (including phenoxy) is 2. The molecule has 0 aromatic heterocycles. The molecule has 0 saturated carbocycles. The summed E-state index contributed by atoms with van der Waals surface area (Å²) in [6.07, 6.45) is 19.6. The van der Waals surface area contributed by atoms with Crippen LogP contribution in [0.15, 0.2) is 48.6 Å². The summed E-state index contributed by atoms with van der Waals surface area (Å²) >= 11 is 0. The molecule has 0 saturated heterocycles. The first-order valence-electron chi connectivity index (χ1n) is 10.2. The van der Waals surface area contributed by atoms with E-state index in [1.54, 1.807) is 13.8 Å². The van der Waals surface area contributed by atoms with Crippen molar-refractivity contribution in [3.05, 3.63) is 48.6 Å². The second-order valence-corrected chi connectivity index (χ2v) is 7.90. The summed E-state index contributed by atoms with van der Waals surface area (Å²) in [7, 11) is 0. The molecule has 0 aromatic carbocycles. The molecule has 28 heavy (non-hydrogen) atoms. The van der Waals surface area contributed by atoms with Gasteiger partial charge in [0.05, 0.1) is 13.2 Å². The summed E-state index contributed by atoms with van der Waals surface area (Å²) in [6, 6.07) is 0. The van der Waals surface area contributed by atoms with Crippen molar-refractivity contribution >= 4 is 11.9 Å². The molecule has 0 amide bonds. The van der Waals surface area contributed by atoms with Crippen molar-refractivity contribution in [1.82, 2.24) is 0 Å². The maximum atomic E-state index is 11.4. The number of esters is 2. The van der Waals surface area contributed by atoms with Crippen molar-refractivity contribution in [2.75, 3.05) is 13.2 Å². The zero-order valence-electron chi connectivity index (χ0n) is 18.5. The number of hydrogen-bond donors (Lipinski definition) is 0. The molecule has 0 fully saturated rings. The quantitative estimate of drug-likeness (QED) is 0.169. The number of unbranched alkanes of at least 4 members (excludes halogenated alkanes) is 3. The van der Waals surface area contributed by atoms with Crippen molar-refractivity contribution in [1.29, 1.82) is 0 Å². The van der Waals surface area contributed by atoms with Crippen LogP contribution in [-0.4, -0.2) is 25.2 Å². The van der Waals surface area contributed by atoms with E-state index in [0.717, 1.165) is 25.7 Å². The number of allylic oxidation sites excluding steroid dienone is 6. The minimum absolute atomic E-state index is 0.165. The second-order valence-electron chi connectivity index (χ2n) is 7.90. The van der Waals surface area contributed by atoms with E-state index in [1.807, 2.05) is 12.2 Å². The Labute approximate surface area is 171 Å². The van der Waals surface area contributed by atoms with Crippen LogP contribution >= 0.6 is 0 Å². The highest BCUT2D eigenvalue weighted by atomic mass is 16.5. The van der Waals surface area contributed by atoms with E-state index >= 15 is 0 Å². The van der Waals surface area contributed by atoms with Crippen LogP contribution in [-0.2, 0) is 19.1 Å². The number of rotatable bonds is 13. The highest BCUT2D eigenvalue weighted by Crippen LogP contribution is 2.21. The van der Waals surface area contributed by atoms with Crippen LogP contribution in [0.25, 0.3) is 0 Å². The predicted octanol–water partition coefficient (Wildman–Crippen LogP) is 5.95. The van der Waals surface area contributed by atoms with Gasteiger partial charge in [0.15, 0.2) is 0 Å². The molecule has 0 heterocycles. The molecule has 0 bridgehead atoms. The van der Waals surface area contributed by atoms with Crippen molar-refractivity contribution in [2.45, 2.75) is 67.2 Å². The van der Waals surface area contributed by atoms with Crippen LogP contribution in [0.5, 0.6) is 0 Å². The van der Waals surface area contributed by atoms with Crippen molar-refractivity contribution in [3.63, 3.8) is 0 Å². The standard InChI is InChI=1S/C24H38O4/c1-7-27-21(25)15-19-23(3,4)17-13-11-9-10-12-14-18-24(5,6)20-16-22(26)28-8-2/h13-20H,7-12H2,1-6H3. The van der Waals surface area contributed by atoms with Gasteiger partial charge in [-0.3, -0.25) is 0 Å². The Hall–Kier alpha value is -2.10. The van der Waals surface area contributed by atoms with Gasteiger partial charge in [-0.15, -0.1) is 0 Å². The molecule has 0 rings (SSSR count). The molecule has 0 aliphatic carbocycles. The van der Waals surface area contributed by atoms with Gasteiger partial charge < -0.3 is 9.47 Å². The van der Waals surface area contributed by atoms with E-state index < -0.39 is 0 Å². The molecule has 0 unspecified atom stereocenters. The molecule has 4 heteroatoms. The van der Waals surface area contributed by atoms with E-state index in [9.17, 15) is 9.59 Å². The fourth-order valence-electron chi connectivity index (χ4n) is 2.36. The second kappa shape index (κ2) is 14.0. The zero-order chi connectivity index (χ0) is 21.5. The van der Waals surface area contributed by atoms with Crippen molar-refractivity contribution < 1.29 is 19.1 Å². The van der Waals surface area contributed by atoms with Crippen LogP contribution in [0.1, 0.15) is 67.2 Å². The van der Waals surface area contributed by atoms with Gasteiger partial charge in [0.1, 0.15) is 0 Å². The molecular formula is C24H38O4. The van der Waals surface area contributed by atoms with Gasteiger partial charge in [-0.2, -0.15) is 0 Å². The highest BCUT2D eigenvalue weighted by molar-refractivity contribution is 5.82. The van der Waals surface area contributed by atoms with Gasteiger partial charge in [0, 0.05) is 23.0 Å². The average molecular weight is 391 g/mol. The Kier molecular flexibility index (Phi) is 12.9. The maximum Gasteiger partial charge on any atom is 0.330 e. The third-order valence-electron chi connectivity index (χ3n) is 3.96. The molecular weight excluding hydrogens is 352 g/mol. The Morgan fingerprint density at radius 3 is 1.36 bits per heavy atom. The molecule has 158 valence electrons. The summed E-state index contributed by atoms with van der Waals surface area (Å²) in [5, 5.41) is 0. The first kappa shape index (κ1) is 25.9. The molecule has 4 nitrogen and oxygen atoms in total. The number of carbonyl (C=O) groups is 2. The van der Waals surface area contributed by atoms with Crippen LogP contribution in [0.3, 0.4) is 0 Å². The smallest absolute Gasteiger partial charge is 0.330 e. The lowest BCUT2D eigenvalue weighted by atomic mass is 9.91. The molecule has 0 aliphatic rings. The highest BCUT2D eigenvalue weighted by Gasteiger charge is 2.10. The lowest BCUT2D eigenvalue weighted by Gasteiger charge is -2.14. The molecule has 0 aromatic rings. The first-order valence-corrected chi connectivity index (χ1v) is 10.2. The van der Waals surface area contributed by atoms with Gasteiger partial charge in [0.2, 0.25) is 0 Å². The lowest BCUT2D eigenvalue weighted by molar-refractivity contribution is -0.138. The van der Waals surface area contributed by atoms with Gasteiger partial charge in [0.25, 0.3) is 0 Å². The molecule has 0 radical (unpaired) electrons. The largest absolute Gasteiger partial charge is 0.463 e. The van der Waals surface area contributed by atoms with E-state index in [4.69, 9.17) is 9.47 Å². The Balaban J connectivity index is 4.15. The predicted molar refractivity (Wildman–Crippen MR) is 116 cm³/mol. The minimum atomic E-state index is -0.296. The SMILES string of the molecule is CCOC(=O)C=CC(C)(C)C=CCCCCC=CC(C)(C)C=CC(=O)OCC. The van der Waals surface area contributed by atoms with Crippen LogP contribution in [0, 0.1) is 10.8 Å². The fourth-order valence-corrected chi connectivity index (χ4v) is 2.36. The maximum absolute atomic E-state index is 11.4. The minimum Gasteiger partial charge on any atom is -0.463 e. The first-order chi connectivity index (χ1) is 13.1. The van der Waals surface area contributed by atoms with Crippen molar-refractivity contribution in [3.8, 4) is 0 Å². The van der Waals surface area contributed by atoms with E-state index in [1.165, 1.54) is 12.2 Å². The van der Waals surface area contributed by atoms with Crippen LogP contribution in [0.2, 0.25) is 0 Å². The van der Waals surface area contributed by atoms with Crippen LogP contribution < -0.4 is 0 Å². The van der Waals surface area contributed by atoms with E-state index in [-0.39, 0.29) is 22.8 Å². The van der Waals surface area contributed by atoms with Gasteiger partial charge in [-0.25, -0.2) is 9.59 Å². The summed E-state index contributed by atoms with van der Waals surface area (Å²) in [5.41, 5.74) is -0.329. The van der Waals surface area contributed by atoms with E-state index in [0.29, 0.717) is 13.2 Å². The third-order valence-corrected chi connectivity index (χ3v) is 3.96. The summed E-state index contributed by atoms with van der Waals surface area (Å²) in [4.78, 5) is 22.7. The number of hydrogen-bond acceptors (Lipinski definition) is 4. The average Bonchev–Trinajstić information content (AvgIpc) is 2.61. The Morgan fingerprint density at radius 1 is 0.679 bits per heavy atom. The molecule has 0 spiro atoms. The topological polar surface area (TPSA) is 52.6 Å². The van der Waals surface area contributed by atoms with Gasteiger partial charge in [-0.05, 0) is 39.5 Å². The third kappa shape index (κ3) is 15.0. The van der Waals surface area contributed by atoms with Gasteiger partial charge in [-0.1, -0.05) is 64.2 Å². The van der Waals surface area contributed by atoms with Crippen LogP contribution in [0.4, 0.5) is 0 Å². The summed E-state index contributed by atoms with van der Waals surface area (Å²) < 4.78 is 9.79. The van der Waals surface area contributed by atoms with Crippen molar-refractivity contribution in [2.24, 2.45) is 10.8 Å². The zero-order valence-corrected chi connectivity index (χ0v) is 18.5. The molecule has 0 N–H and O–H groups in total. The normalized spacial score (nSPS) is 13.2.